The second kappa shape index (κ2) is 8.73. The second-order valence-electron chi connectivity index (χ2n) is 5.78. The lowest BCUT2D eigenvalue weighted by atomic mass is 10.2. The molecule has 5 nitrogen and oxygen atoms in total. The summed E-state index contributed by atoms with van der Waals surface area (Å²) < 4.78 is 45.3. The first kappa shape index (κ1) is 19.8. The van der Waals surface area contributed by atoms with Gasteiger partial charge in [-0.1, -0.05) is 23.7 Å². The third kappa shape index (κ3) is 5.76. The zero-order valence-electron chi connectivity index (χ0n) is 13.8. The zero-order valence-corrected chi connectivity index (χ0v) is 14.5. The number of alkyl halides is 3. The van der Waals surface area contributed by atoms with Crippen LogP contribution in [0.25, 0.3) is 0 Å². The maximum absolute atomic E-state index is 13.3. The number of halogens is 4. The number of rotatable bonds is 6. The van der Waals surface area contributed by atoms with Crippen molar-refractivity contribution in [3.63, 3.8) is 0 Å². The molecule has 0 bridgehead atoms. The smallest absolute Gasteiger partial charge is 0.405 e. The second-order valence-corrected chi connectivity index (χ2v) is 6.19. The van der Waals surface area contributed by atoms with Crippen molar-refractivity contribution in [1.29, 1.82) is 0 Å². The Bertz CT molecular complexity index is 580. The van der Waals surface area contributed by atoms with E-state index in [1.165, 1.54) is 11.8 Å². The number of carbonyl (C=O) groups is 1. The van der Waals surface area contributed by atoms with E-state index in [-0.39, 0.29) is 13.1 Å². The molecule has 0 radical (unpaired) electrons. The van der Waals surface area contributed by atoms with Crippen LogP contribution in [0.3, 0.4) is 0 Å². The molecule has 1 heterocycles. The summed E-state index contributed by atoms with van der Waals surface area (Å²) in [7, 11) is 0. The van der Waals surface area contributed by atoms with Crippen LogP contribution in [-0.4, -0.2) is 61.9 Å². The molecule has 0 saturated carbocycles. The lowest BCUT2D eigenvalue weighted by Crippen LogP contribution is -2.58. The maximum Gasteiger partial charge on any atom is 0.405 e. The molecule has 0 aliphatic carbocycles. The van der Waals surface area contributed by atoms with Crippen molar-refractivity contribution in [1.82, 2.24) is 15.5 Å². The lowest BCUT2D eigenvalue weighted by Gasteiger charge is -2.36. The van der Waals surface area contributed by atoms with Gasteiger partial charge in [0.15, 0.2) is 6.10 Å². The Morgan fingerprint density at radius 3 is 2.60 bits per heavy atom. The molecule has 1 fully saturated rings. The molecule has 2 rings (SSSR count). The largest absolute Gasteiger partial charge is 0.479 e. The van der Waals surface area contributed by atoms with Crippen LogP contribution in [-0.2, 0) is 4.79 Å². The molecule has 1 amide bonds. The van der Waals surface area contributed by atoms with Gasteiger partial charge in [-0.2, -0.15) is 13.2 Å². The van der Waals surface area contributed by atoms with Crippen LogP contribution < -0.4 is 15.4 Å². The lowest BCUT2D eigenvalue weighted by molar-refractivity contribution is -0.184. The van der Waals surface area contributed by atoms with Gasteiger partial charge in [-0.25, -0.2) is 0 Å². The number of nitrogens with one attached hydrogen (secondary N) is 2. The molecule has 1 aromatic rings. The highest BCUT2D eigenvalue weighted by Gasteiger charge is 2.44. The van der Waals surface area contributed by atoms with Gasteiger partial charge >= 0.3 is 6.18 Å². The van der Waals surface area contributed by atoms with E-state index < -0.39 is 30.8 Å². The van der Waals surface area contributed by atoms with E-state index in [0.717, 1.165) is 0 Å². The predicted octanol–water partition coefficient (Wildman–Crippen LogP) is 2.06. The van der Waals surface area contributed by atoms with Crippen LogP contribution in [0, 0.1) is 0 Å². The highest BCUT2D eigenvalue weighted by molar-refractivity contribution is 6.32. The molecule has 1 aliphatic rings. The summed E-state index contributed by atoms with van der Waals surface area (Å²) in [6, 6.07) is 4.87. The Balaban J connectivity index is 1.92. The SMILES string of the molecule is CC(Oc1ccccc1Cl)C(=O)NCC(N1CCNCC1)C(F)(F)F. The zero-order chi connectivity index (χ0) is 18.4. The van der Waals surface area contributed by atoms with Crippen LogP contribution >= 0.6 is 11.6 Å². The summed E-state index contributed by atoms with van der Waals surface area (Å²) in [6.07, 6.45) is -5.38. The van der Waals surface area contributed by atoms with E-state index in [1.54, 1.807) is 24.3 Å². The Hall–Kier alpha value is -1.51. The maximum atomic E-state index is 13.3. The van der Waals surface area contributed by atoms with Gasteiger partial charge in [0.1, 0.15) is 11.8 Å². The van der Waals surface area contributed by atoms with Gasteiger partial charge in [-0.15, -0.1) is 0 Å². The first-order chi connectivity index (χ1) is 11.8. The van der Waals surface area contributed by atoms with Crippen molar-refractivity contribution >= 4 is 17.5 Å². The summed E-state index contributed by atoms with van der Waals surface area (Å²) in [5.41, 5.74) is 0. The number of carbonyl (C=O) groups excluding carboxylic acids is 1. The molecule has 1 aliphatic heterocycles. The molecule has 2 N–H and O–H groups in total. The fraction of sp³-hybridized carbons (Fsp3) is 0.562. The van der Waals surface area contributed by atoms with Crippen LogP contribution in [0.2, 0.25) is 5.02 Å². The molecule has 9 heteroatoms. The number of hydrogen-bond donors (Lipinski definition) is 2. The Labute approximate surface area is 149 Å². The van der Waals surface area contributed by atoms with Crippen LogP contribution in [0.15, 0.2) is 24.3 Å². The minimum Gasteiger partial charge on any atom is -0.479 e. The van der Waals surface area contributed by atoms with E-state index in [2.05, 4.69) is 10.6 Å². The van der Waals surface area contributed by atoms with Crippen molar-refractivity contribution in [2.75, 3.05) is 32.7 Å². The number of piperazine rings is 1. The predicted molar refractivity (Wildman–Crippen MR) is 88.8 cm³/mol. The van der Waals surface area contributed by atoms with Gasteiger partial charge in [0.2, 0.25) is 0 Å². The number of amides is 1. The molecular formula is C16H21ClF3N3O2. The van der Waals surface area contributed by atoms with Crippen molar-refractivity contribution in [3.8, 4) is 5.75 Å². The average molecular weight is 380 g/mol. The van der Waals surface area contributed by atoms with Crippen molar-refractivity contribution < 1.29 is 22.7 Å². The molecule has 2 unspecified atom stereocenters. The summed E-state index contributed by atoms with van der Waals surface area (Å²) in [5, 5.41) is 5.67. The van der Waals surface area contributed by atoms with E-state index in [4.69, 9.17) is 16.3 Å². The van der Waals surface area contributed by atoms with E-state index in [0.29, 0.717) is 23.9 Å². The summed E-state index contributed by atoms with van der Waals surface area (Å²) >= 11 is 5.94. The Morgan fingerprint density at radius 1 is 1.36 bits per heavy atom. The first-order valence-electron chi connectivity index (χ1n) is 7.99. The quantitative estimate of drug-likeness (QED) is 0.794. The number of benzene rings is 1. The molecule has 1 aromatic carbocycles. The Kier molecular flexibility index (Phi) is 6.92. The topological polar surface area (TPSA) is 53.6 Å². The summed E-state index contributed by atoms with van der Waals surface area (Å²) in [6.45, 7) is 2.50. The highest BCUT2D eigenvalue weighted by Crippen LogP contribution is 2.26. The monoisotopic (exact) mass is 379 g/mol. The Morgan fingerprint density at radius 2 is 2.00 bits per heavy atom. The number of hydrogen-bond acceptors (Lipinski definition) is 4. The fourth-order valence-electron chi connectivity index (χ4n) is 2.57. The number of nitrogens with zero attached hydrogens (tertiary/aromatic N) is 1. The van der Waals surface area contributed by atoms with Gasteiger partial charge in [0.05, 0.1) is 5.02 Å². The third-order valence-corrected chi connectivity index (χ3v) is 4.26. The standard InChI is InChI=1S/C16H21ClF3N3O2/c1-11(25-13-5-3-2-4-12(13)17)15(24)22-10-14(16(18,19)20)23-8-6-21-7-9-23/h2-5,11,14,21H,6-10H2,1H3,(H,22,24). The minimum atomic E-state index is -4.42. The number of ether oxygens (including phenoxy) is 1. The molecule has 140 valence electrons. The summed E-state index contributed by atoms with van der Waals surface area (Å²) in [5.74, 6) is -0.314. The average Bonchev–Trinajstić information content (AvgIpc) is 2.56. The van der Waals surface area contributed by atoms with Crippen molar-refractivity contribution in [3.05, 3.63) is 29.3 Å². The van der Waals surface area contributed by atoms with Gasteiger partial charge < -0.3 is 15.4 Å². The van der Waals surface area contributed by atoms with Crippen LogP contribution in [0.1, 0.15) is 6.92 Å². The molecule has 25 heavy (non-hydrogen) atoms. The van der Waals surface area contributed by atoms with E-state index in [1.807, 2.05) is 0 Å². The van der Waals surface area contributed by atoms with Gasteiger partial charge in [-0.3, -0.25) is 9.69 Å². The van der Waals surface area contributed by atoms with Crippen molar-refractivity contribution in [2.45, 2.75) is 25.2 Å². The molecule has 0 aromatic heterocycles. The van der Waals surface area contributed by atoms with Crippen LogP contribution in [0.4, 0.5) is 13.2 Å². The first-order valence-corrected chi connectivity index (χ1v) is 8.37. The fourth-order valence-corrected chi connectivity index (χ4v) is 2.75. The van der Waals surface area contributed by atoms with Gasteiger partial charge in [0, 0.05) is 32.7 Å². The highest BCUT2D eigenvalue weighted by atomic mass is 35.5. The molecule has 0 spiro atoms. The molecule has 2 atom stereocenters. The minimum absolute atomic E-state index is 0.283. The van der Waals surface area contributed by atoms with Gasteiger partial charge in [-0.05, 0) is 19.1 Å². The van der Waals surface area contributed by atoms with E-state index in [9.17, 15) is 18.0 Å². The van der Waals surface area contributed by atoms with Gasteiger partial charge in [0.25, 0.3) is 5.91 Å². The molecular weight excluding hydrogens is 359 g/mol. The normalized spacial score (nSPS) is 18.4. The summed E-state index contributed by atoms with van der Waals surface area (Å²) in [4.78, 5) is 13.4. The van der Waals surface area contributed by atoms with Crippen molar-refractivity contribution in [2.24, 2.45) is 0 Å². The van der Waals surface area contributed by atoms with E-state index >= 15 is 0 Å². The molecule has 1 saturated heterocycles. The number of para-hydroxylation sites is 1. The van der Waals surface area contributed by atoms with Crippen LogP contribution in [0.5, 0.6) is 5.75 Å². The third-order valence-electron chi connectivity index (χ3n) is 3.95.